The van der Waals surface area contributed by atoms with E-state index < -0.39 is 12.1 Å². The minimum atomic E-state index is -0.878. The average Bonchev–Trinajstić information content (AvgIpc) is 2.88. The van der Waals surface area contributed by atoms with E-state index in [0.717, 1.165) is 31.2 Å². The first-order chi connectivity index (χ1) is 13.0. The molecule has 0 aliphatic heterocycles. The molecular weight excluding hydrogens is 344 g/mol. The number of esters is 1. The Labute approximate surface area is 159 Å². The molecule has 1 saturated carbocycles. The van der Waals surface area contributed by atoms with Gasteiger partial charge in [-0.2, -0.15) is 0 Å². The number of oxazole rings is 1. The summed E-state index contributed by atoms with van der Waals surface area (Å²) < 4.78 is 10.9. The first kappa shape index (κ1) is 19.1. The van der Waals surface area contributed by atoms with Crippen molar-refractivity contribution in [3.63, 3.8) is 0 Å². The second kappa shape index (κ2) is 8.84. The Morgan fingerprint density at radius 3 is 2.48 bits per heavy atom. The summed E-state index contributed by atoms with van der Waals surface area (Å²) in [6, 6.07) is 9.49. The van der Waals surface area contributed by atoms with Crippen LogP contribution in [0.2, 0.25) is 0 Å². The summed E-state index contributed by atoms with van der Waals surface area (Å²) in [4.78, 5) is 29.1. The maximum atomic E-state index is 12.4. The first-order valence-corrected chi connectivity index (χ1v) is 9.59. The van der Waals surface area contributed by atoms with Gasteiger partial charge < -0.3 is 14.5 Å². The van der Waals surface area contributed by atoms with E-state index in [2.05, 4.69) is 10.3 Å². The molecule has 6 heteroatoms. The van der Waals surface area contributed by atoms with Crippen LogP contribution < -0.4 is 5.32 Å². The van der Waals surface area contributed by atoms with Crippen molar-refractivity contribution in [3.8, 4) is 11.5 Å². The molecule has 1 aromatic heterocycles. The lowest BCUT2D eigenvalue weighted by Crippen LogP contribution is -2.41. The summed E-state index contributed by atoms with van der Waals surface area (Å²) >= 11 is 0. The number of ether oxygens (including phenoxy) is 1. The Bertz CT molecular complexity index is 777. The molecule has 0 radical (unpaired) electrons. The molecule has 0 saturated heterocycles. The lowest BCUT2D eigenvalue weighted by molar-refractivity contribution is -0.129. The van der Waals surface area contributed by atoms with E-state index in [4.69, 9.17) is 9.15 Å². The van der Waals surface area contributed by atoms with E-state index in [9.17, 15) is 9.59 Å². The third kappa shape index (κ3) is 4.96. The third-order valence-electron chi connectivity index (χ3n) is 4.87. The predicted molar refractivity (Wildman–Crippen MR) is 101 cm³/mol. The first-order valence-electron chi connectivity index (χ1n) is 9.59. The van der Waals surface area contributed by atoms with E-state index in [1.165, 1.54) is 12.8 Å². The molecule has 2 aromatic rings. The smallest absolute Gasteiger partial charge is 0.361 e. The Morgan fingerprint density at radius 1 is 1.15 bits per heavy atom. The van der Waals surface area contributed by atoms with Gasteiger partial charge in [-0.05, 0) is 38.8 Å². The number of hydrogen-bond acceptors (Lipinski definition) is 5. The molecule has 1 N–H and O–H groups in total. The highest BCUT2D eigenvalue weighted by Gasteiger charge is 2.25. The van der Waals surface area contributed by atoms with Gasteiger partial charge in [-0.1, -0.05) is 43.9 Å². The molecule has 3 rings (SSSR count). The van der Waals surface area contributed by atoms with Gasteiger partial charge in [0.05, 0.1) is 0 Å². The number of aromatic nitrogens is 1. The van der Waals surface area contributed by atoms with Gasteiger partial charge in [-0.3, -0.25) is 4.79 Å². The molecular formula is C21H26N2O4. The van der Waals surface area contributed by atoms with Crippen molar-refractivity contribution in [1.29, 1.82) is 0 Å². The molecule has 1 amide bonds. The zero-order valence-corrected chi connectivity index (χ0v) is 15.9. The van der Waals surface area contributed by atoms with Crippen molar-refractivity contribution in [2.75, 3.05) is 0 Å². The molecule has 0 bridgehead atoms. The molecule has 0 spiro atoms. The van der Waals surface area contributed by atoms with Gasteiger partial charge in [-0.15, -0.1) is 0 Å². The molecule has 6 nitrogen and oxygen atoms in total. The van der Waals surface area contributed by atoms with E-state index in [1.54, 1.807) is 13.8 Å². The summed E-state index contributed by atoms with van der Waals surface area (Å²) in [6.07, 6.45) is 5.76. The van der Waals surface area contributed by atoms with Crippen LogP contribution in [0.15, 0.2) is 34.7 Å². The van der Waals surface area contributed by atoms with Crippen LogP contribution >= 0.6 is 0 Å². The minimum Gasteiger partial charge on any atom is -0.448 e. The molecule has 0 unspecified atom stereocenters. The molecule has 27 heavy (non-hydrogen) atoms. The normalized spacial score (nSPS) is 16.4. The topological polar surface area (TPSA) is 81.4 Å². The van der Waals surface area contributed by atoms with Crippen LogP contribution in [0.1, 0.15) is 61.7 Å². The third-order valence-corrected chi connectivity index (χ3v) is 4.87. The average molecular weight is 370 g/mol. The Kier molecular flexibility index (Phi) is 6.27. The number of rotatable bonds is 5. The fourth-order valence-corrected chi connectivity index (χ4v) is 3.30. The maximum absolute atomic E-state index is 12.4. The van der Waals surface area contributed by atoms with E-state index in [0.29, 0.717) is 11.7 Å². The zero-order chi connectivity index (χ0) is 19.2. The standard InChI is InChI=1S/C21H26N2O4/c1-14-18(23-20(26-14)16-10-6-5-7-11-16)21(25)27-15(2)19(24)22-17-12-8-3-4-9-13-17/h5-7,10-11,15,17H,3-4,8-9,12-13H2,1-2H3,(H,22,24)/t15-/m0/s1. The van der Waals surface area contributed by atoms with Crippen molar-refractivity contribution in [2.24, 2.45) is 0 Å². The summed E-state index contributed by atoms with van der Waals surface area (Å²) in [5.74, 6) is -0.188. The molecule has 1 fully saturated rings. The van der Waals surface area contributed by atoms with Gasteiger partial charge in [0.25, 0.3) is 5.91 Å². The number of benzene rings is 1. The van der Waals surface area contributed by atoms with Gasteiger partial charge in [0.2, 0.25) is 5.89 Å². The lowest BCUT2D eigenvalue weighted by atomic mass is 10.1. The van der Waals surface area contributed by atoms with Crippen LogP contribution in [-0.4, -0.2) is 29.0 Å². The maximum Gasteiger partial charge on any atom is 0.361 e. The highest BCUT2D eigenvalue weighted by Crippen LogP contribution is 2.22. The Hall–Kier alpha value is -2.63. The Balaban J connectivity index is 1.61. The number of carbonyl (C=O) groups is 2. The molecule has 1 aliphatic carbocycles. The fraction of sp³-hybridized carbons (Fsp3) is 0.476. The molecule has 1 aromatic carbocycles. The van der Waals surface area contributed by atoms with Crippen molar-refractivity contribution >= 4 is 11.9 Å². The summed E-state index contributed by atoms with van der Waals surface area (Å²) in [5, 5.41) is 3.00. The molecule has 1 heterocycles. The van der Waals surface area contributed by atoms with Crippen LogP contribution in [0.3, 0.4) is 0 Å². The van der Waals surface area contributed by atoms with Crippen LogP contribution in [0.4, 0.5) is 0 Å². The number of hydrogen-bond donors (Lipinski definition) is 1. The van der Waals surface area contributed by atoms with Crippen molar-refractivity contribution in [2.45, 2.75) is 64.5 Å². The highest BCUT2D eigenvalue weighted by molar-refractivity contribution is 5.91. The second-order valence-electron chi connectivity index (χ2n) is 7.03. The zero-order valence-electron chi connectivity index (χ0n) is 15.9. The SMILES string of the molecule is Cc1oc(-c2ccccc2)nc1C(=O)O[C@@H](C)C(=O)NC1CCCCCC1. The van der Waals surface area contributed by atoms with E-state index in [-0.39, 0.29) is 17.6 Å². The largest absolute Gasteiger partial charge is 0.448 e. The van der Waals surface area contributed by atoms with E-state index >= 15 is 0 Å². The Morgan fingerprint density at radius 2 is 1.81 bits per heavy atom. The van der Waals surface area contributed by atoms with Gasteiger partial charge in [0.1, 0.15) is 5.76 Å². The van der Waals surface area contributed by atoms with Crippen LogP contribution in [-0.2, 0) is 9.53 Å². The van der Waals surface area contributed by atoms with Gasteiger partial charge in [0, 0.05) is 11.6 Å². The monoisotopic (exact) mass is 370 g/mol. The lowest BCUT2D eigenvalue weighted by Gasteiger charge is -2.19. The van der Waals surface area contributed by atoms with Crippen molar-refractivity contribution < 1.29 is 18.7 Å². The molecule has 1 aliphatic rings. The van der Waals surface area contributed by atoms with Crippen LogP contribution in [0.25, 0.3) is 11.5 Å². The van der Waals surface area contributed by atoms with Crippen LogP contribution in [0.5, 0.6) is 0 Å². The van der Waals surface area contributed by atoms with Crippen molar-refractivity contribution in [1.82, 2.24) is 10.3 Å². The second-order valence-corrected chi connectivity index (χ2v) is 7.03. The van der Waals surface area contributed by atoms with Gasteiger partial charge in [0.15, 0.2) is 11.8 Å². The quantitative estimate of drug-likeness (QED) is 0.635. The highest BCUT2D eigenvalue weighted by atomic mass is 16.5. The molecule has 144 valence electrons. The van der Waals surface area contributed by atoms with Crippen LogP contribution in [0, 0.1) is 6.92 Å². The number of nitrogens with zero attached hydrogens (tertiary/aromatic N) is 1. The summed E-state index contributed by atoms with van der Waals surface area (Å²) in [6.45, 7) is 3.24. The van der Waals surface area contributed by atoms with Gasteiger partial charge >= 0.3 is 5.97 Å². The number of carbonyl (C=O) groups excluding carboxylic acids is 2. The number of amides is 1. The molecule has 1 atom stereocenters. The minimum absolute atomic E-state index is 0.1000. The summed E-state index contributed by atoms with van der Waals surface area (Å²) in [5.41, 5.74) is 0.877. The summed E-state index contributed by atoms with van der Waals surface area (Å²) in [7, 11) is 0. The predicted octanol–water partition coefficient (Wildman–Crippen LogP) is 4.03. The number of aryl methyl sites for hydroxylation is 1. The van der Waals surface area contributed by atoms with Crippen molar-refractivity contribution in [3.05, 3.63) is 41.8 Å². The fourth-order valence-electron chi connectivity index (χ4n) is 3.30. The number of nitrogens with one attached hydrogen (secondary N) is 1. The van der Waals surface area contributed by atoms with Gasteiger partial charge in [-0.25, -0.2) is 9.78 Å². The van der Waals surface area contributed by atoms with E-state index in [1.807, 2.05) is 30.3 Å².